The second-order valence-corrected chi connectivity index (χ2v) is 7.30. The summed E-state index contributed by atoms with van der Waals surface area (Å²) in [7, 11) is 0. The highest BCUT2D eigenvalue weighted by atomic mass is 19.4. The van der Waals surface area contributed by atoms with Gasteiger partial charge in [0, 0.05) is 16.6 Å². The highest BCUT2D eigenvalue weighted by Gasteiger charge is 2.31. The van der Waals surface area contributed by atoms with Crippen molar-refractivity contribution in [1.82, 2.24) is 4.57 Å². The molecule has 0 fully saturated rings. The van der Waals surface area contributed by atoms with E-state index in [-0.39, 0.29) is 17.9 Å². The third kappa shape index (κ3) is 4.71. The van der Waals surface area contributed by atoms with Gasteiger partial charge in [0.05, 0.1) is 18.0 Å². The zero-order valence-corrected chi connectivity index (χ0v) is 17.7. The Balaban J connectivity index is 2.06. The predicted octanol–water partition coefficient (Wildman–Crippen LogP) is 5.30. The largest absolute Gasteiger partial charge is 0.573 e. The van der Waals surface area contributed by atoms with E-state index in [1.165, 1.54) is 28.8 Å². The minimum absolute atomic E-state index is 0.0360. The lowest BCUT2D eigenvalue weighted by atomic mass is 9.98. The van der Waals surface area contributed by atoms with Gasteiger partial charge in [-0.2, -0.15) is 0 Å². The van der Waals surface area contributed by atoms with Gasteiger partial charge in [-0.3, -0.25) is 14.2 Å². The number of fused-ring (bicyclic) bond motifs is 1. The van der Waals surface area contributed by atoms with Crippen LogP contribution in [0.4, 0.5) is 13.2 Å². The molecule has 170 valence electrons. The quantitative estimate of drug-likeness (QED) is 0.517. The summed E-state index contributed by atoms with van der Waals surface area (Å²) < 4.78 is 47.6. The number of carbonyl (C=O) groups excluding carboxylic acids is 2. The molecule has 1 atom stereocenters. The first kappa shape index (κ1) is 23.2. The van der Waals surface area contributed by atoms with E-state index in [1.807, 2.05) is 6.92 Å². The number of aromatic nitrogens is 1. The highest BCUT2D eigenvalue weighted by molar-refractivity contribution is 6.05. The number of rotatable bonds is 6. The van der Waals surface area contributed by atoms with E-state index in [1.54, 1.807) is 19.9 Å². The number of alkyl halides is 3. The first-order valence-electron chi connectivity index (χ1n) is 9.94. The van der Waals surface area contributed by atoms with Crippen molar-refractivity contribution in [3.63, 3.8) is 0 Å². The van der Waals surface area contributed by atoms with Crippen molar-refractivity contribution < 1.29 is 37.3 Å². The number of esters is 1. The van der Waals surface area contributed by atoms with Gasteiger partial charge in [-0.15, -0.1) is 13.2 Å². The molecule has 0 radical (unpaired) electrons. The maximum atomic E-state index is 13.3. The number of hydrogen-bond donors (Lipinski definition) is 1. The summed E-state index contributed by atoms with van der Waals surface area (Å²) in [5.74, 6) is -2.15. The summed E-state index contributed by atoms with van der Waals surface area (Å²) >= 11 is 0. The minimum Gasteiger partial charge on any atom is -0.508 e. The number of phenols is 1. The Bertz CT molecular complexity index is 1150. The van der Waals surface area contributed by atoms with Gasteiger partial charge in [-0.05, 0) is 68.3 Å². The minimum atomic E-state index is -4.84. The number of carbonyl (C=O) groups is 2. The van der Waals surface area contributed by atoms with Crippen molar-refractivity contribution >= 4 is 22.8 Å². The highest BCUT2D eigenvalue weighted by Crippen LogP contribution is 2.35. The summed E-state index contributed by atoms with van der Waals surface area (Å²) in [4.78, 5) is 25.8. The smallest absolute Gasteiger partial charge is 0.508 e. The molecule has 0 unspecified atom stereocenters. The van der Waals surface area contributed by atoms with Gasteiger partial charge < -0.3 is 14.6 Å². The molecule has 0 saturated heterocycles. The standard InChI is InChI=1S/C23H22F3NO5/c1-4-11-31-22(30)13(2)20-14(3)27(19-10-7-16(28)12-18(19)20)21(29)15-5-8-17(9-6-15)32-23(24,25)26/h5-10,12-13,28H,4,11H2,1-3H3/t13-/m0/s1. The summed E-state index contributed by atoms with van der Waals surface area (Å²) in [5.41, 5.74) is 1.57. The fraction of sp³-hybridized carbons (Fsp3) is 0.304. The third-order valence-electron chi connectivity index (χ3n) is 5.01. The van der Waals surface area contributed by atoms with Crippen LogP contribution in [-0.2, 0) is 9.53 Å². The average molecular weight is 449 g/mol. The van der Waals surface area contributed by atoms with Gasteiger partial charge in [0.2, 0.25) is 0 Å². The van der Waals surface area contributed by atoms with Crippen LogP contribution in [0.15, 0.2) is 42.5 Å². The average Bonchev–Trinajstić information content (AvgIpc) is 3.01. The van der Waals surface area contributed by atoms with Gasteiger partial charge in [0.25, 0.3) is 5.91 Å². The monoisotopic (exact) mass is 449 g/mol. The molecule has 32 heavy (non-hydrogen) atoms. The Morgan fingerprint density at radius 2 is 1.78 bits per heavy atom. The molecular formula is C23H22F3NO5. The van der Waals surface area contributed by atoms with Crippen molar-refractivity contribution in [2.75, 3.05) is 6.61 Å². The Kier molecular flexibility index (Phi) is 6.47. The number of ether oxygens (including phenoxy) is 2. The second kappa shape index (κ2) is 8.94. The Morgan fingerprint density at radius 1 is 1.12 bits per heavy atom. The summed E-state index contributed by atoms with van der Waals surface area (Å²) in [5, 5.41) is 10.5. The molecule has 3 rings (SSSR count). The molecule has 1 heterocycles. The van der Waals surface area contributed by atoms with E-state index in [0.717, 1.165) is 12.1 Å². The topological polar surface area (TPSA) is 77.8 Å². The van der Waals surface area contributed by atoms with E-state index >= 15 is 0 Å². The Hall–Kier alpha value is -3.49. The molecule has 3 aromatic rings. The van der Waals surface area contributed by atoms with Gasteiger partial charge in [-0.25, -0.2) is 0 Å². The zero-order valence-electron chi connectivity index (χ0n) is 17.7. The summed E-state index contributed by atoms with van der Waals surface area (Å²) in [6.45, 7) is 5.45. The van der Waals surface area contributed by atoms with Gasteiger partial charge in [0.15, 0.2) is 0 Å². The molecule has 0 amide bonds. The first-order chi connectivity index (χ1) is 15.0. The fourth-order valence-electron chi connectivity index (χ4n) is 3.61. The molecule has 0 aliphatic rings. The molecule has 9 heteroatoms. The Labute approximate surface area is 182 Å². The lowest BCUT2D eigenvalue weighted by molar-refractivity contribution is -0.274. The van der Waals surface area contributed by atoms with E-state index < -0.39 is 29.9 Å². The first-order valence-corrected chi connectivity index (χ1v) is 9.94. The number of aromatic hydroxyl groups is 1. The van der Waals surface area contributed by atoms with Crippen LogP contribution < -0.4 is 4.74 Å². The number of hydrogen-bond acceptors (Lipinski definition) is 5. The number of nitrogens with zero attached hydrogens (tertiary/aromatic N) is 1. The van der Waals surface area contributed by atoms with Crippen molar-refractivity contribution in [2.45, 2.75) is 39.5 Å². The van der Waals surface area contributed by atoms with Crippen LogP contribution in [0.3, 0.4) is 0 Å². The molecule has 1 aromatic heterocycles. The number of benzene rings is 2. The molecule has 0 saturated carbocycles. The molecule has 6 nitrogen and oxygen atoms in total. The molecule has 1 N–H and O–H groups in total. The van der Waals surface area contributed by atoms with Gasteiger partial charge >= 0.3 is 12.3 Å². The van der Waals surface area contributed by atoms with Crippen LogP contribution in [0, 0.1) is 6.92 Å². The van der Waals surface area contributed by atoms with Crippen molar-refractivity contribution in [1.29, 1.82) is 0 Å². The second-order valence-electron chi connectivity index (χ2n) is 7.30. The van der Waals surface area contributed by atoms with Crippen LogP contribution in [0.2, 0.25) is 0 Å². The zero-order chi connectivity index (χ0) is 23.6. The Morgan fingerprint density at radius 3 is 2.38 bits per heavy atom. The van der Waals surface area contributed by atoms with E-state index in [4.69, 9.17) is 4.74 Å². The van der Waals surface area contributed by atoms with E-state index in [2.05, 4.69) is 4.74 Å². The van der Waals surface area contributed by atoms with Crippen LogP contribution >= 0.6 is 0 Å². The number of halogens is 3. The molecule has 0 aliphatic carbocycles. The van der Waals surface area contributed by atoms with Crippen LogP contribution in [0.5, 0.6) is 11.5 Å². The lowest BCUT2D eigenvalue weighted by Gasteiger charge is -2.13. The van der Waals surface area contributed by atoms with Crippen molar-refractivity contribution in [2.24, 2.45) is 0 Å². The van der Waals surface area contributed by atoms with Crippen molar-refractivity contribution in [3.8, 4) is 11.5 Å². The third-order valence-corrected chi connectivity index (χ3v) is 5.01. The molecule has 2 aromatic carbocycles. The van der Waals surface area contributed by atoms with Crippen LogP contribution in [-0.4, -0.2) is 34.5 Å². The summed E-state index contributed by atoms with van der Waals surface area (Å²) in [6, 6.07) is 8.99. The van der Waals surface area contributed by atoms with E-state index in [0.29, 0.717) is 28.6 Å². The maximum absolute atomic E-state index is 13.3. The lowest BCUT2D eigenvalue weighted by Crippen LogP contribution is -2.18. The molecule has 0 bridgehead atoms. The summed E-state index contributed by atoms with van der Waals surface area (Å²) in [6.07, 6.45) is -4.18. The van der Waals surface area contributed by atoms with Crippen LogP contribution in [0.25, 0.3) is 10.9 Å². The van der Waals surface area contributed by atoms with E-state index in [9.17, 15) is 27.9 Å². The van der Waals surface area contributed by atoms with Crippen molar-refractivity contribution in [3.05, 3.63) is 59.3 Å². The molecule has 0 aliphatic heterocycles. The fourth-order valence-corrected chi connectivity index (χ4v) is 3.61. The molecular weight excluding hydrogens is 427 g/mol. The van der Waals surface area contributed by atoms with Crippen LogP contribution in [0.1, 0.15) is 47.8 Å². The number of phenolic OH excluding ortho intramolecular Hbond substituents is 1. The van der Waals surface area contributed by atoms with Gasteiger partial charge in [-0.1, -0.05) is 6.92 Å². The van der Waals surface area contributed by atoms with Gasteiger partial charge in [0.1, 0.15) is 11.5 Å². The molecule has 0 spiro atoms. The predicted molar refractivity (Wildman–Crippen MR) is 111 cm³/mol. The maximum Gasteiger partial charge on any atom is 0.573 e. The SMILES string of the molecule is CCCOC(=O)[C@@H](C)c1c(C)n(C(=O)c2ccc(OC(F)(F)F)cc2)c2ccc(O)cc12. The normalized spacial score (nSPS) is 12.6.